The van der Waals surface area contributed by atoms with Gasteiger partial charge in [-0.05, 0) is 17.7 Å². The molecular weight excluding hydrogens is 187 g/mol. The molecule has 0 aromatic heterocycles. The number of nitrogens with zero attached hydrogens (tertiary/aromatic N) is 1. The fraction of sp³-hybridized carbons (Fsp3) is 0.222. The lowest BCUT2D eigenvalue weighted by Crippen LogP contribution is -2.01. The maximum atomic E-state index is 13.2. The van der Waals surface area contributed by atoms with Crippen molar-refractivity contribution in [3.8, 4) is 11.8 Å². The van der Waals surface area contributed by atoms with Crippen molar-refractivity contribution >= 4 is 0 Å². The quantitative estimate of drug-likeness (QED) is 0.735. The summed E-state index contributed by atoms with van der Waals surface area (Å²) in [5.41, 5.74) is 0.613. The molecule has 0 fully saturated rings. The predicted octanol–water partition coefficient (Wildman–Crippen LogP) is 1.10. The van der Waals surface area contributed by atoms with Crippen LogP contribution >= 0.6 is 0 Å². The number of ether oxygens (including phenoxy) is 1. The second kappa shape index (κ2) is 4.56. The summed E-state index contributed by atoms with van der Waals surface area (Å²) in [6, 6.07) is 4.51. The second-order valence-electron chi connectivity index (χ2n) is 2.58. The Morgan fingerprint density at radius 2 is 2.29 bits per heavy atom. The van der Waals surface area contributed by atoms with Crippen molar-refractivity contribution in [1.29, 1.82) is 5.26 Å². The Morgan fingerprint density at radius 3 is 2.79 bits per heavy atom. The monoisotopic (exact) mass is 196 g/mol. The van der Waals surface area contributed by atoms with Gasteiger partial charge in [-0.2, -0.15) is 5.26 Å². The van der Waals surface area contributed by atoms with Crippen molar-refractivity contribution in [2.45, 2.75) is 6.61 Å². The number of rotatable bonds is 3. The lowest BCUT2D eigenvalue weighted by Gasteiger charge is -2.06. The van der Waals surface area contributed by atoms with Crippen molar-refractivity contribution in [3.05, 3.63) is 29.1 Å². The Morgan fingerprint density at radius 1 is 1.57 bits per heavy atom. The van der Waals surface area contributed by atoms with Gasteiger partial charge in [0.25, 0.3) is 0 Å². The Bertz CT molecular complexity index is 374. The van der Waals surface area contributed by atoms with E-state index in [4.69, 9.17) is 15.9 Å². The largest absolute Gasteiger partial charge is 0.492 e. The number of hydrogen-bond donors (Lipinski definition) is 1. The second-order valence-corrected chi connectivity index (χ2v) is 2.58. The topological polar surface area (TPSA) is 68.3 Å². The first-order valence-corrected chi connectivity index (χ1v) is 3.81. The average molecular weight is 196 g/mol. The molecule has 5 heteroatoms. The van der Waals surface area contributed by atoms with Crippen LogP contribution in [0.15, 0.2) is 12.1 Å². The summed E-state index contributed by atoms with van der Waals surface area (Å²) < 4.78 is 18.0. The first kappa shape index (κ1) is 10.4. The number of nitrogens with two attached hydrogens (primary N) is 1. The zero-order chi connectivity index (χ0) is 10.6. The Labute approximate surface area is 80.6 Å². The molecule has 0 spiro atoms. The van der Waals surface area contributed by atoms with E-state index >= 15 is 0 Å². The van der Waals surface area contributed by atoms with Crippen LogP contribution in [-0.2, 0) is 11.4 Å². The third-order valence-corrected chi connectivity index (χ3v) is 1.68. The van der Waals surface area contributed by atoms with Crippen LogP contribution in [0.1, 0.15) is 11.1 Å². The van der Waals surface area contributed by atoms with Gasteiger partial charge in [0.2, 0.25) is 0 Å². The first-order chi connectivity index (χ1) is 6.72. The van der Waals surface area contributed by atoms with Crippen molar-refractivity contribution in [2.24, 2.45) is 5.90 Å². The van der Waals surface area contributed by atoms with E-state index in [1.54, 1.807) is 0 Å². The van der Waals surface area contributed by atoms with E-state index in [-0.39, 0.29) is 17.9 Å². The molecule has 0 atom stereocenters. The van der Waals surface area contributed by atoms with Gasteiger partial charge >= 0.3 is 0 Å². The van der Waals surface area contributed by atoms with Crippen molar-refractivity contribution in [1.82, 2.24) is 0 Å². The molecule has 0 bridgehead atoms. The average Bonchev–Trinajstić information content (AvgIpc) is 2.17. The summed E-state index contributed by atoms with van der Waals surface area (Å²) in [5, 5.41) is 8.70. The van der Waals surface area contributed by atoms with E-state index in [1.165, 1.54) is 19.2 Å². The predicted molar refractivity (Wildman–Crippen MR) is 46.6 cm³/mol. The molecule has 14 heavy (non-hydrogen) atoms. The summed E-state index contributed by atoms with van der Waals surface area (Å²) in [4.78, 5) is 4.34. The minimum atomic E-state index is -0.599. The number of methoxy groups -OCH3 is 1. The fourth-order valence-corrected chi connectivity index (χ4v) is 1.12. The third kappa shape index (κ3) is 1.99. The van der Waals surface area contributed by atoms with E-state index in [0.29, 0.717) is 5.56 Å². The van der Waals surface area contributed by atoms with Gasteiger partial charge in [0.05, 0.1) is 19.3 Å². The molecule has 1 aromatic rings. The van der Waals surface area contributed by atoms with Crippen LogP contribution < -0.4 is 10.6 Å². The molecule has 2 N–H and O–H groups in total. The molecule has 0 unspecified atom stereocenters. The third-order valence-electron chi connectivity index (χ3n) is 1.68. The highest BCUT2D eigenvalue weighted by molar-refractivity contribution is 5.46. The maximum absolute atomic E-state index is 13.2. The molecule has 0 saturated heterocycles. The lowest BCUT2D eigenvalue weighted by atomic mass is 10.1. The van der Waals surface area contributed by atoms with E-state index in [0.717, 1.165) is 0 Å². The fourth-order valence-electron chi connectivity index (χ4n) is 1.12. The standard InChI is InChI=1S/C9H9FN2O2/c1-13-9-7(4-11)2-6(5-14-12)3-8(9)10/h2-3H,5,12H2,1H3. The van der Waals surface area contributed by atoms with Gasteiger partial charge in [-0.25, -0.2) is 10.3 Å². The van der Waals surface area contributed by atoms with Gasteiger partial charge in [0.15, 0.2) is 11.6 Å². The number of benzene rings is 1. The van der Waals surface area contributed by atoms with Crippen LogP contribution in [0.4, 0.5) is 4.39 Å². The molecular formula is C9H9FN2O2. The summed E-state index contributed by atoms with van der Waals surface area (Å²) in [5.74, 6) is 4.18. The van der Waals surface area contributed by atoms with Crippen LogP contribution in [0, 0.1) is 17.1 Å². The normalized spacial score (nSPS) is 9.57. The minimum Gasteiger partial charge on any atom is -0.492 e. The lowest BCUT2D eigenvalue weighted by molar-refractivity contribution is 0.124. The number of nitriles is 1. The minimum absolute atomic E-state index is 0.0512. The van der Waals surface area contributed by atoms with E-state index in [9.17, 15) is 4.39 Å². The molecule has 0 radical (unpaired) electrons. The number of halogens is 1. The Balaban J connectivity index is 3.19. The summed E-state index contributed by atoms with van der Waals surface area (Å²) in [7, 11) is 1.30. The number of hydrogen-bond acceptors (Lipinski definition) is 4. The molecule has 4 nitrogen and oxygen atoms in total. The van der Waals surface area contributed by atoms with E-state index in [1.807, 2.05) is 6.07 Å². The van der Waals surface area contributed by atoms with Crippen molar-refractivity contribution in [2.75, 3.05) is 7.11 Å². The highest BCUT2D eigenvalue weighted by Crippen LogP contribution is 2.23. The SMILES string of the molecule is COc1c(F)cc(CON)cc1C#N. The van der Waals surface area contributed by atoms with Crippen molar-refractivity contribution in [3.63, 3.8) is 0 Å². The van der Waals surface area contributed by atoms with Gasteiger partial charge in [-0.1, -0.05) is 0 Å². The van der Waals surface area contributed by atoms with Gasteiger partial charge in [0.1, 0.15) is 6.07 Å². The Kier molecular flexibility index (Phi) is 3.40. The zero-order valence-corrected chi connectivity index (χ0v) is 7.58. The Hall–Kier alpha value is -1.64. The van der Waals surface area contributed by atoms with E-state index < -0.39 is 5.82 Å². The van der Waals surface area contributed by atoms with Crippen LogP contribution in [0.2, 0.25) is 0 Å². The highest BCUT2D eigenvalue weighted by Gasteiger charge is 2.10. The van der Waals surface area contributed by atoms with Crippen LogP contribution in [-0.4, -0.2) is 7.11 Å². The molecule has 74 valence electrons. The molecule has 1 rings (SSSR count). The van der Waals surface area contributed by atoms with Crippen molar-refractivity contribution < 1.29 is 14.0 Å². The zero-order valence-electron chi connectivity index (χ0n) is 7.58. The molecule has 0 aliphatic rings. The molecule has 0 saturated carbocycles. The molecule has 0 aliphatic carbocycles. The van der Waals surface area contributed by atoms with Gasteiger partial charge in [-0.3, -0.25) is 4.84 Å². The van der Waals surface area contributed by atoms with E-state index in [2.05, 4.69) is 4.84 Å². The first-order valence-electron chi connectivity index (χ1n) is 3.81. The summed E-state index contributed by atoms with van der Waals surface area (Å²) in [6.07, 6.45) is 0. The van der Waals surface area contributed by atoms with Crippen LogP contribution in [0.5, 0.6) is 5.75 Å². The molecule has 0 heterocycles. The van der Waals surface area contributed by atoms with Crippen LogP contribution in [0.25, 0.3) is 0 Å². The van der Waals surface area contributed by atoms with Gasteiger partial charge in [-0.15, -0.1) is 0 Å². The van der Waals surface area contributed by atoms with Gasteiger partial charge in [0, 0.05) is 0 Å². The highest BCUT2D eigenvalue weighted by atomic mass is 19.1. The smallest absolute Gasteiger partial charge is 0.172 e. The van der Waals surface area contributed by atoms with Gasteiger partial charge < -0.3 is 4.74 Å². The summed E-state index contributed by atoms with van der Waals surface area (Å²) >= 11 is 0. The molecule has 0 amide bonds. The summed E-state index contributed by atoms with van der Waals surface area (Å²) in [6.45, 7) is 0.0512. The van der Waals surface area contributed by atoms with Crippen LogP contribution in [0.3, 0.4) is 0 Å². The maximum Gasteiger partial charge on any atom is 0.172 e. The molecule has 1 aromatic carbocycles. The molecule has 0 aliphatic heterocycles.